The third-order valence-electron chi connectivity index (χ3n) is 3.00. The summed E-state index contributed by atoms with van der Waals surface area (Å²) in [4.78, 5) is 13.9. The normalized spacial score (nSPS) is 10.9. The number of amides is 1. The van der Waals surface area contributed by atoms with Gasteiger partial charge in [-0.05, 0) is 37.4 Å². The number of nitrogens with zero attached hydrogens (tertiary/aromatic N) is 1. The van der Waals surface area contributed by atoms with E-state index in [4.69, 9.17) is 5.73 Å². The molecule has 0 atom stereocenters. The second kappa shape index (κ2) is 7.33. The molecule has 0 bridgehead atoms. The zero-order valence-electron chi connectivity index (χ0n) is 12.2. The quantitative estimate of drug-likeness (QED) is 0.873. The second-order valence-corrected chi connectivity index (χ2v) is 5.34. The third kappa shape index (κ3) is 4.00. The number of hydrogen-bond acceptors (Lipinski definition) is 2. The van der Waals surface area contributed by atoms with Gasteiger partial charge in [0.25, 0.3) is 5.91 Å². The van der Waals surface area contributed by atoms with Gasteiger partial charge in [0, 0.05) is 13.1 Å². The molecule has 0 fully saturated rings. The largest absolute Gasteiger partial charge is 0.338 e. The van der Waals surface area contributed by atoms with E-state index >= 15 is 0 Å². The lowest BCUT2D eigenvalue weighted by Crippen LogP contribution is -2.37. The van der Waals surface area contributed by atoms with Gasteiger partial charge >= 0.3 is 0 Å². The fourth-order valence-corrected chi connectivity index (χ4v) is 2.01. The first-order chi connectivity index (χ1) is 9.38. The van der Waals surface area contributed by atoms with Crippen LogP contribution >= 0.6 is 0 Å². The highest BCUT2D eigenvalue weighted by atomic mass is 19.1. The number of carbonyl (C=O) groups excluding carboxylic acids is 1. The van der Waals surface area contributed by atoms with Gasteiger partial charge in [-0.15, -0.1) is 0 Å². The van der Waals surface area contributed by atoms with Crippen molar-refractivity contribution in [3.05, 3.63) is 34.9 Å². The minimum atomic E-state index is -0.820. The summed E-state index contributed by atoms with van der Waals surface area (Å²) < 4.78 is 27.8. The van der Waals surface area contributed by atoms with Crippen LogP contribution in [0.4, 0.5) is 8.78 Å². The molecule has 1 rings (SSSR count). The molecule has 0 aliphatic rings. The molecule has 1 aromatic carbocycles. The molecule has 112 valence electrons. The smallest absolute Gasteiger partial charge is 0.259 e. The molecular weight excluding hydrogens is 262 g/mol. The number of benzene rings is 1. The van der Waals surface area contributed by atoms with Crippen molar-refractivity contribution in [2.24, 2.45) is 11.7 Å². The molecule has 2 N–H and O–H groups in total. The average Bonchev–Trinajstić information content (AvgIpc) is 2.38. The summed E-state index contributed by atoms with van der Waals surface area (Å²) in [6.45, 7) is 6.70. The zero-order chi connectivity index (χ0) is 15.3. The van der Waals surface area contributed by atoms with Crippen molar-refractivity contribution < 1.29 is 13.6 Å². The van der Waals surface area contributed by atoms with Crippen LogP contribution in [0.1, 0.15) is 36.2 Å². The molecule has 3 nitrogen and oxygen atoms in total. The Kier molecular flexibility index (Phi) is 6.07. The van der Waals surface area contributed by atoms with Gasteiger partial charge in [0.05, 0.1) is 0 Å². The van der Waals surface area contributed by atoms with Gasteiger partial charge in [-0.3, -0.25) is 4.79 Å². The Morgan fingerprint density at radius 2 is 2.00 bits per heavy atom. The van der Waals surface area contributed by atoms with Crippen molar-refractivity contribution in [2.75, 3.05) is 19.6 Å². The molecule has 5 heteroatoms. The fraction of sp³-hybridized carbons (Fsp3) is 0.533. The average molecular weight is 284 g/mol. The van der Waals surface area contributed by atoms with Crippen molar-refractivity contribution in [2.45, 2.75) is 27.2 Å². The molecule has 0 unspecified atom stereocenters. The van der Waals surface area contributed by atoms with E-state index in [-0.39, 0.29) is 11.5 Å². The van der Waals surface area contributed by atoms with Gasteiger partial charge in [-0.2, -0.15) is 0 Å². The van der Waals surface area contributed by atoms with Crippen LogP contribution in [0.2, 0.25) is 0 Å². The maximum absolute atomic E-state index is 14.0. The number of nitrogens with two attached hydrogens (primary N) is 1. The summed E-state index contributed by atoms with van der Waals surface area (Å²) in [6, 6.07) is 2.45. The van der Waals surface area contributed by atoms with Crippen molar-refractivity contribution in [3.8, 4) is 0 Å². The molecule has 0 aliphatic carbocycles. The topological polar surface area (TPSA) is 46.3 Å². The van der Waals surface area contributed by atoms with Gasteiger partial charge in [-0.25, -0.2) is 8.78 Å². The number of rotatable bonds is 6. The molecule has 0 heterocycles. The van der Waals surface area contributed by atoms with Crippen molar-refractivity contribution in [1.82, 2.24) is 4.90 Å². The highest BCUT2D eigenvalue weighted by Crippen LogP contribution is 2.19. The Morgan fingerprint density at radius 1 is 1.35 bits per heavy atom. The van der Waals surface area contributed by atoms with E-state index < -0.39 is 23.1 Å². The summed E-state index contributed by atoms with van der Waals surface area (Å²) in [5.41, 5.74) is 5.24. The maximum Gasteiger partial charge on any atom is 0.259 e. The second-order valence-electron chi connectivity index (χ2n) is 5.34. The number of halogens is 2. The van der Waals surface area contributed by atoms with E-state index in [1.807, 2.05) is 13.8 Å². The highest BCUT2D eigenvalue weighted by Gasteiger charge is 2.24. The fourth-order valence-electron chi connectivity index (χ4n) is 2.01. The summed E-state index contributed by atoms with van der Waals surface area (Å²) in [5.74, 6) is -1.99. The van der Waals surface area contributed by atoms with E-state index in [1.165, 1.54) is 17.9 Å². The van der Waals surface area contributed by atoms with Crippen molar-refractivity contribution >= 4 is 5.91 Å². The Labute approximate surface area is 118 Å². The number of aryl methyl sites for hydroxylation is 1. The van der Waals surface area contributed by atoms with Crippen LogP contribution in [0.5, 0.6) is 0 Å². The SMILES string of the molecule is Cc1ccc(F)c(C(=O)N(CCCN)CC(C)C)c1F. The standard InChI is InChI=1S/C15H22F2N2O/c1-10(2)9-19(8-4-7-18)15(20)13-12(16)6-5-11(3)14(13)17/h5-6,10H,4,7-9,18H2,1-3H3. The van der Waals surface area contributed by atoms with Crippen LogP contribution in [-0.2, 0) is 0 Å². The van der Waals surface area contributed by atoms with Crippen LogP contribution in [0.3, 0.4) is 0 Å². The number of hydrogen-bond donors (Lipinski definition) is 1. The van der Waals surface area contributed by atoms with Gasteiger partial charge < -0.3 is 10.6 Å². The molecule has 0 spiro atoms. The Balaban J connectivity index is 3.08. The zero-order valence-corrected chi connectivity index (χ0v) is 12.2. The van der Waals surface area contributed by atoms with Gasteiger partial charge in [-0.1, -0.05) is 19.9 Å². The van der Waals surface area contributed by atoms with Gasteiger partial charge in [0.15, 0.2) is 0 Å². The number of carbonyl (C=O) groups is 1. The lowest BCUT2D eigenvalue weighted by atomic mass is 10.1. The molecular formula is C15H22F2N2O. The lowest BCUT2D eigenvalue weighted by molar-refractivity contribution is 0.0725. The molecule has 0 saturated carbocycles. The Morgan fingerprint density at radius 3 is 2.55 bits per heavy atom. The predicted molar refractivity (Wildman–Crippen MR) is 75.5 cm³/mol. The van der Waals surface area contributed by atoms with E-state index in [0.717, 1.165) is 6.07 Å². The van der Waals surface area contributed by atoms with Crippen LogP contribution in [0.25, 0.3) is 0 Å². The van der Waals surface area contributed by atoms with Crippen LogP contribution in [-0.4, -0.2) is 30.4 Å². The van der Waals surface area contributed by atoms with Crippen LogP contribution < -0.4 is 5.73 Å². The minimum absolute atomic E-state index is 0.215. The maximum atomic E-state index is 14.0. The van der Waals surface area contributed by atoms with E-state index in [0.29, 0.717) is 26.1 Å². The monoisotopic (exact) mass is 284 g/mol. The summed E-state index contributed by atoms with van der Waals surface area (Å²) in [7, 11) is 0. The van der Waals surface area contributed by atoms with Gasteiger partial charge in [0.1, 0.15) is 17.2 Å². The highest BCUT2D eigenvalue weighted by molar-refractivity contribution is 5.95. The summed E-state index contributed by atoms with van der Waals surface area (Å²) in [5, 5.41) is 0. The van der Waals surface area contributed by atoms with Crippen molar-refractivity contribution in [1.29, 1.82) is 0 Å². The molecule has 0 radical (unpaired) electrons. The molecule has 1 amide bonds. The van der Waals surface area contributed by atoms with Crippen LogP contribution in [0.15, 0.2) is 12.1 Å². The lowest BCUT2D eigenvalue weighted by Gasteiger charge is -2.25. The first kappa shape index (κ1) is 16.6. The minimum Gasteiger partial charge on any atom is -0.338 e. The van der Waals surface area contributed by atoms with E-state index in [2.05, 4.69) is 0 Å². The molecule has 0 aromatic heterocycles. The van der Waals surface area contributed by atoms with E-state index in [1.54, 1.807) is 0 Å². The molecule has 20 heavy (non-hydrogen) atoms. The first-order valence-electron chi connectivity index (χ1n) is 6.82. The predicted octanol–water partition coefficient (Wildman–Crippen LogP) is 2.72. The first-order valence-corrected chi connectivity index (χ1v) is 6.82. The molecule has 0 aliphatic heterocycles. The molecule has 0 saturated heterocycles. The Bertz CT molecular complexity index is 475. The third-order valence-corrected chi connectivity index (χ3v) is 3.00. The summed E-state index contributed by atoms with van der Waals surface area (Å²) >= 11 is 0. The van der Waals surface area contributed by atoms with Crippen LogP contribution in [0, 0.1) is 24.5 Å². The summed E-state index contributed by atoms with van der Waals surface area (Å²) in [6.07, 6.45) is 0.605. The van der Waals surface area contributed by atoms with Gasteiger partial charge in [0.2, 0.25) is 0 Å². The molecule has 1 aromatic rings. The van der Waals surface area contributed by atoms with E-state index in [9.17, 15) is 13.6 Å². The Hall–Kier alpha value is -1.49. The van der Waals surface area contributed by atoms with Crippen molar-refractivity contribution in [3.63, 3.8) is 0 Å².